The number of nitrogens with one attached hydrogen (secondary N) is 1. The number of methoxy groups -OCH3 is 1. The van der Waals surface area contributed by atoms with Crippen LogP contribution in [0.3, 0.4) is 0 Å². The van der Waals surface area contributed by atoms with E-state index in [1.54, 1.807) is 50.4 Å². The lowest BCUT2D eigenvalue weighted by Crippen LogP contribution is -2.13. The zero-order valence-electron chi connectivity index (χ0n) is 14.7. The molecule has 0 atom stereocenters. The zero-order chi connectivity index (χ0) is 19.1. The van der Waals surface area contributed by atoms with E-state index in [1.807, 2.05) is 0 Å². The molecule has 0 saturated heterocycles. The van der Waals surface area contributed by atoms with E-state index in [1.165, 1.54) is 6.07 Å². The molecule has 2 aromatic rings. The summed E-state index contributed by atoms with van der Waals surface area (Å²) in [7, 11) is 1.58. The predicted molar refractivity (Wildman–Crippen MR) is 102 cm³/mol. The average Bonchev–Trinajstić information content (AvgIpc) is 2.63. The number of carbonyl (C=O) groups excluding carboxylic acids is 2. The molecule has 0 fully saturated rings. The second-order valence-corrected chi connectivity index (χ2v) is 5.80. The van der Waals surface area contributed by atoms with E-state index < -0.39 is 5.97 Å². The molecule has 5 nitrogen and oxygen atoms in total. The molecule has 0 spiro atoms. The fourth-order valence-electron chi connectivity index (χ4n) is 2.39. The number of hydrogen-bond donors (Lipinski definition) is 1. The third kappa shape index (κ3) is 4.64. The van der Waals surface area contributed by atoms with Gasteiger partial charge in [-0.3, -0.25) is 4.79 Å². The average molecular weight is 374 g/mol. The largest absolute Gasteiger partial charge is 0.496 e. The Kier molecular flexibility index (Phi) is 6.81. The lowest BCUT2D eigenvalue weighted by molar-refractivity contribution is 0.0526. The molecular weight excluding hydrogens is 354 g/mol. The molecule has 1 N–H and O–H groups in total. The van der Waals surface area contributed by atoms with Gasteiger partial charge in [0.15, 0.2) is 0 Å². The summed E-state index contributed by atoms with van der Waals surface area (Å²) in [5.74, 6) is -0.0847. The van der Waals surface area contributed by atoms with Gasteiger partial charge < -0.3 is 14.8 Å². The summed E-state index contributed by atoms with van der Waals surface area (Å²) in [6.45, 7) is 5.71. The molecule has 2 aromatic carbocycles. The number of anilines is 1. The third-order valence-electron chi connectivity index (χ3n) is 3.64. The molecule has 0 heterocycles. The first-order valence-electron chi connectivity index (χ1n) is 8.06. The van der Waals surface area contributed by atoms with Crippen LogP contribution in [0.25, 0.3) is 0 Å². The number of esters is 1. The molecule has 0 aliphatic rings. The lowest BCUT2D eigenvalue weighted by Gasteiger charge is -2.11. The van der Waals surface area contributed by atoms with Crippen molar-refractivity contribution < 1.29 is 19.1 Å². The molecule has 0 aliphatic carbocycles. The fourth-order valence-corrected chi connectivity index (χ4v) is 2.61. The van der Waals surface area contributed by atoms with E-state index in [2.05, 4.69) is 11.9 Å². The number of carbonyl (C=O) groups is 2. The van der Waals surface area contributed by atoms with E-state index in [-0.39, 0.29) is 17.5 Å². The van der Waals surface area contributed by atoms with Gasteiger partial charge in [0.1, 0.15) is 5.75 Å². The maximum absolute atomic E-state index is 12.5. The first-order chi connectivity index (χ1) is 12.5. The van der Waals surface area contributed by atoms with Crippen LogP contribution in [0, 0.1) is 0 Å². The van der Waals surface area contributed by atoms with Crippen LogP contribution in [-0.2, 0) is 11.2 Å². The van der Waals surface area contributed by atoms with Gasteiger partial charge in [-0.2, -0.15) is 0 Å². The minimum Gasteiger partial charge on any atom is -0.496 e. The number of halogens is 1. The molecule has 0 saturated carbocycles. The van der Waals surface area contributed by atoms with E-state index in [0.29, 0.717) is 29.0 Å². The molecule has 0 aromatic heterocycles. The number of benzene rings is 2. The number of rotatable bonds is 7. The highest BCUT2D eigenvalue weighted by atomic mass is 35.5. The summed E-state index contributed by atoms with van der Waals surface area (Å²) in [4.78, 5) is 24.2. The van der Waals surface area contributed by atoms with Crippen LogP contribution in [0.4, 0.5) is 5.69 Å². The smallest absolute Gasteiger partial charge is 0.338 e. The highest BCUT2D eigenvalue weighted by Gasteiger charge is 2.14. The molecule has 2 rings (SSSR count). The molecule has 0 bridgehead atoms. The van der Waals surface area contributed by atoms with Gasteiger partial charge in [0.25, 0.3) is 5.91 Å². The van der Waals surface area contributed by atoms with Gasteiger partial charge in [0.2, 0.25) is 0 Å². The van der Waals surface area contributed by atoms with E-state index >= 15 is 0 Å². The minimum atomic E-state index is -0.462. The van der Waals surface area contributed by atoms with E-state index in [4.69, 9.17) is 21.1 Å². The van der Waals surface area contributed by atoms with Crippen molar-refractivity contribution in [1.82, 2.24) is 0 Å². The lowest BCUT2D eigenvalue weighted by atomic mass is 10.1. The normalized spacial score (nSPS) is 10.1. The van der Waals surface area contributed by atoms with E-state index in [9.17, 15) is 9.59 Å². The number of amides is 1. The molecule has 6 heteroatoms. The van der Waals surface area contributed by atoms with Crippen molar-refractivity contribution in [2.45, 2.75) is 13.3 Å². The molecule has 1 amide bonds. The Morgan fingerprint density at radius 2 is 1.92 bits per heavy atom. The Morgan fingerprint density at radius 3 is 2.54 bits per heavy atom. The van der Waals surface area contributed by atoms with Crippen LogP contribution >= 0.6 is 11.6 Å². The van der Waals surface area contributed by atoms with Crippen molar-refractivity contribution in [2.75, 3.05) is 19.0 Å². The SMILES string of the molecule is C=CCc1cc(C(=O)Nc2ccc(C(=O)OCC)cc2Cl)ccc1OC. The van der Waals surface area contributed by atoms with Crippen molar-refractivity contribution in [2.24, 2.45) is 0 Å². The van der Waals surface area contributed by atoms with Crippen molar-refractivity contribution in [3.05, 3.63) is 70.8 Å². The van der Waals surface area contributed by atoms with Gasteiger partial charge in [-0.05, 0) is 55.3 Å². The summed E-state index contributed by atoms with van der Waals surface area (Å²) in [5.41, 5.74) is 2.06. The Hall–Kier alpha value is -2.79. The summed E-state index contributed by atoms with van der Waals surface area (Å²) >= 11 is 6.18. The molecule has 0 unspecified atom stereocenters. The molecule has 0 radical (unpaired) electrons. The second-order valence-electron chi connectivity index (χ2n) is 5.39. The van der Waals surface area contributed by atoms with Crippen molar-refractivity contribution in [1.29, 1.82) is 0 Å². The maximum Gasteiger partial charge on any atom is 0.338 e. The highest BCUT2D eigenvalue weighted by molar-refractivity contribution is 6.34. The maximum atomic E-state index is 12.5. The summed E-state index contributed by atoms with van der Waals surface area (Å²) in [6, 6.07) is 9.74. The molecule has 26 heavy (non-hydrogen) atoms. The Morgan fingerprint density at radius 1 is 1.19 bits per heavy atom. The van der Waals surface area contributed by atoms with Crippen LogP contribution in [0.15, 0.2) is 49.1 Å². The van der Waals surface area contributed by atoms with Crippen LogP contribution in [0.5, 0.6) is 5.75 Å². The van der Waals surface area contributed by atoms with Crippen LogP contribution in [0.2, 0.25) is 5.02 Å². The van der Waals surface area contributed by atoms with Crippen molar-refractivity contribution >= 4 is 29.2 Å². The third-order valence-corrected chi connectivity index (χ3v) is 3.95. The summed E-state index contributed by atoms with van der Waals surface area (Å²) in [5, 5.41) is 3.00. The minimum absolute atomic E-state index is 0.253. The van der Waals surface area contributed by atoms with Gasteiger partial charge in [-0.1, -0.05) is 17.7 Å². The zero-order valence-corrected chi connectivity index (χ0v) is 15.4. The predicted octanol–water partition coefficient (Wildman–Crippen LogP) is 4.51. The van der Waals surface area contributed by atoms with Crippen molar-refractivity contribution in [3.63, 3.8) is 0 Å². The van der Waals surface area contributed by atoms with Gasteiger partial charge in [-0.15, -0.1) is 6.58 Å². The summed E-state index contributed by atoms with van der Waals surface area (Å²) in [6.07, 6.45) is 2.32. The molecule has 0 aliphatic heterocycles. The Balaban J connectivity index is 2.20. The second kappa shape index (κ2) is 9.06. The van der Waals surface area contributed by atoms with Crippen molar-refractivity contribution in [3.8, 4) is 5.75 Å². The van der Waals surface area contributed by atoms with Gasteiger partial charge in [-0.25, -0.2) is 4.79 Å². The first kappa shape index (κ1) is 19.5. The van der Waals surface area contributed by atoms with Crippen LogP contribution in [-0.4, -0.2) is 25.6 Å². The number of allylic oxidation sites excluding steroid dienone is 1. The Labute approximate surface area is 157 Å². The quantitative estimate of drug-likeness (QED) is 0.573. The van der Waals surface area contributed by atoms with Gasteiger partial charge in [0, 0.05) is 5.56 Å². The van der Waals surface area contributed by atoms with Crippen LogP contribution in [0.1, 0.15) is 33.2 Å². The fraction of sp³-hybridized carbons (Fsp3) is 0.200. The standard InChI is InChI=1S/C20H20ClNO4/c1-4-6-13-11-14(8-10-18(13)25-3)19(23)22-17-9-7-15(12-16(17)21)20(24)26-5-2/h4,7-12H,1,5-6H2,2-3H3,(H,22,23). The summed E-state index contributed by atoms with van der Waals surface area (Å²) < 4.78 is 10.2. The monoisotopic (exact) mass is 373 g/mol. The van der Waals surface area contributed by atoms with Crippen LogP contribution < -0.4 is 10.1 Å². The van der Waals surface area contributed by atoms with Gasteiger partial charge >= 0.3 is 5.97 Å². The first-order valence-corrected chi connectivity index (χ1v) is 8.43. The Bertz CT molecular complexity index is 833. The number of hydrogen-bond acceptors (Lipinski definition) is 4. The highest BCUT2D eigenvalue weighted by Crippen LogP contribution is 2.25. The van der Waals surface area contributed by atoms with E-state index in [0.717, 1.165) is 5.56 Å². The molecular formula is C20H20ClNO4. The molecule has 136 valence electrons. The topological polar surface area (TPSA) is 64.6 Å². The number of ether oxygens (including phenoxy) is 2. The van der Waals surface area contributed by atoms with Gasteiger partial charge in [0.05, 0.1) is 30.0 Å².